The summed E-state index contributed by atoms with van der Waals surface area (Å²) in [5.74, 6) is -1.08. The second kappa shape index (κ2) is 6.80. The van der Waals surface area contributed by atoms with Crippen LogP contribution < -0.4 is 5.32 Å². The van der Waals surface area contributed by atoms with E-state index in [1.54, 1.807) is 45.9 Å². The van der Waals surface area contributed by atoms with Gasteiger partial charge in [-0.3, -0.25) is 10.1 Å². The number of amides is 1. The van der Waals surface area contributed by atoms with Crippen LogP contribution in [-0.2, 0) is 9.53 Å². The van der Waals surface area contributed by atoms with Crippen LogP contribution in [0.25, 0.3) is 0 Å². The maximum Gasteiger partial charge on any atom is 0.412 e. The number of carboxylic acids is 1. The van der Waals surface area contributed by atoms with E-state index < -0.39 is 17.7 Å². The highest BCUT2D eigenvalue weighted by molar-refractivity contribution is 6.31. The zero-order valence-corrected chi connectivity index (χ0v) is 13.3. The van der Waals surface area contributed by atoms with Crippen molar-refractivity contribution in [2.45, 2.75) is 45.6 Å². The standard InChI is InChI=1S/C15H20ClNO4/c1-9(7-13(18)19)11-6-5-10(8-12(11)16)17-14(20)21-15(2,3)4/h5-6,8-9H,7H2,1-4H3,(H,17,20)(H,18,19). The highest BCUT2D eigenvalue weighted by Crippen LogP contribution is 2.29. The normalized spacial score (nSPS) is 12.6. The summed E-state index contributed by atoms with van der Waals surface area (Å²) in [5, 5.41) is 11.8. The molecule has 2 N–H and O–H groups in total. The van der Waals surface area contributed by atoms with Gasteiger partial charge in [-0.25, -0.2) is 4.79 Å². The lowest BCUT2D eigenvalue weighted by molar-refractivity contribution is -0.137. The Kier molecular flexibility index (Phi) is 5.61. The molecule has 0 aromatic heterocycles. The van der Waals surface area contributed by atoms with Gasteiger partial charge in [-0.15, -0.1) is 0 Å². The lowest BCUT2D eigenvalue weighted by Gasteiger charge is -2.20. The topological polar surface area (TPSA) is 75.6 Å². The number of hydrogen-bond donors (Lipinski definition) is 2. The minimum atomic E-state index is -0.880. The van der Waals surface area contributed by atoms with Crippen LogP contribution in [0.4, 0.5) is 10.5 Å². The first-order chi connectivity index (χ1) is 9.58. The molecule has 21 heavy (non-hydrogen) atoms. The van der Waals surface area contributed by atoms with Crippen LogP contribution in [0, 0.1) is 0 Å². The number of rotatable bonds is 4. The fourth-order valence-electron chi connectivity index (χ4n) is 1.80. The third kappa shape index (κ3) is 6.04. The molecule has 1 atom stereocenters. The second-order valence-electron chi connectivity index (χ2n) is 5.86. The molecule has 0 saturated carbocycles. The summed E-state index contributed by atoms with van der Waals surface area (Å²) >= 11 is 6.14. The van der Waals surface area contributed by atoms with Gasteiger partial charge in [0.05, 0.1) is 6.42 Å². The number of nitrogens with one attached hydrogen (secondary N) is 1. The summed E-state index contributed by atoms with van der Waals surface area (Å²) in [6.07, 6.45) is -0.566. The largest absolute Gasteiger partial charge is 0.481 e. The molecule has 0 aliphatic heterocycles. The van der Waals surface area contributed by atoms with Crippen molar-refractivity contribution in [2.24, 2.45) is 0 Å². The number of carbonyl (C=O) groups is 2. The van der Waals surface area contributed by atoms with Gasteiger partial charge in [0.25, 0.3) is 0 Å². The molecule has 5 nitrogen and oxygen atoms in total. The highest BCUT2D eigenvalue weighted by Gasteiger charge is 2.17. The number of halogens is 1. The number of carbonyl (C=O) groups excluding carboxylic acids is 1. The first-order valence-corrected chi connectivity index (χ1v) is 6.97. The van der Waals surface area contributed by atoms with Gasteiger partial charge in [0.15, 0.2) is 0 Å². The fraction of sp³-hybridized carbons (Fsp3) is 0.467. The molecular formula is C15H20ClNO4. The molecule has 0 fully saturated rings. The predicted octanol–water partition coefficient (Wildman–Crippen LogP) is 4.27. The van der Waals surface area contributed by atoms with Crippen LogP contribution >= 0.6 is 11.6 Å². The van der Waals surface area contributed by atoms with Crippen LogP contribution in [0.3, 0.4) is 0 Å². The van der Waals surface area contributed by atoms with Gasteiger partial charge < -0.3 is 9.84 Å². The Morgan fingerprint density at radius 1 is 1.38 bits per heavy atom. The Balaban J connectivity index is 2.78. The van der Waals surface area contributed by atoms with Crippen molar-refractivity contribution in [1.82, 2.24) is 0 Å². The molecule has 0 aliphatic carbocycles. The van der Waals surface area contributed by atoms with E-state index in [0.29, 0.717) is 10.7 Å². The van der Waals surface area contributed by atoms with E-state index in [2.05, 4.69) is 5.32 Å². The summed E-state index contributed by atoms with van der Waals surface area (Å²) in [6.45, 7) is 7.11. The molecule has 116 valence electrons. The van der Waals surface area contributed by atoms with Crippen LogP contribution in [0.2, 0.25) is 5.02 Å². The van der Waals surface area contributed by atoms with Crippen molar-refractivity contribution >= 4 is 29.4 Å². The number of hydrogen-bond acceptors (Lipinski definition) is 3. The van der Waals surface area contributed by atoms with E-state index in [0.717, 1.165) is 5.56 Å². The van der Waals surface area contributed by atoms with Crippen LogP contribution in [0.15, 0.2) is 18.2 Å². The first-order valence-electron chi connectivity index (χ1n) is 6.59. The zero-order chi connectivity index (χ0) is 16.2. The Hall–Kier alpha value is -1.75. The van der Waals surface area contributed by atoms with Crippen molar-refractivity contribution in [3.05, 3.63) is 28.8 Å². The maximum absolute atomic E-state index is 11.6. The summed E-state index contributed by atoms with van der Waals surface area (Å²) in [7, 11) is 0. The molecule has 0 heterocycles. The average molecular weight is 314 g/mol. The molecule has 0 bridgehead atoms. The van der Waals surface area contributed by atoms with E-state index in [1.165, 1.54) is 0 Å². The molecule has 1 amide bonds. The van der Waals surface area contributed by atoms with E-state index in [1.807, 2.05) is 0 Å². The smallest absolute Gasteiger partial charge is 0.412 e. The molecule has 0 aliphatic rings. The highest BCUT2D eigenvalue weighted by atomic mass is 35.5. The van der Waals surface area contributed by atoms with Crippen molar-refractivity contribution < 1.29 is 19.4 Å². The fourth-order valence-corrected chi connectivity index (χ4v) is 2.16. The minimum absolute atomic E-state index is 0.00143. The molecule has 1 rings (SSSR count). The molecule has 1 aromatic rings. The van der Waals surface area contributed by atoms with Crippen molar-refractivity contribution in [2.75, 3.05) is 5.32 Å². The SMILES string of the molecule is CC(CC(=O)O)c1ccc(NC(=O)OC(C)(C)C)cc1Cl. The van der Waals surface area contributed by atoms with E-state index >= 15 is 0 Å². The van der Waals surface area contributed by atoms with Gasteiger partial charge in [-0.1, -0.05) is 24.6 Å². The van der Waals surface area contributed by atoms with Gasteiger partial charge in [0.2, 0.25) is 0 Å². The average Bonchev–Trinajstić information content (AvgIpc) is 2.24. The van der Waals surface area contributed by atoms with Gasteiger partial charge in [0.1, 0.15) is 5.60 Å². The minimum Gasteiger partial charge on any atom is -0.481 e. The molecular weight excluding hydrogens is 294 g/mol. The monoisotopic (exact) mass is 313 g/mol. The number of ether oxygens (including phenoxy) is 1. The lowest BCUT2D eigenvalue weighted by atomic mass is 9.97. The zero-order valence-electron chi connectivity index (χ0n) is 12.6. The Morgan fingerprint density at radius 2 is 2.00 bits per heavy atom. The quantitative estimate of drug-likeness (QED) is 0.870. The number of benzene rings is 1. The van der Waals surface area contributed by atoms with Crippen LogP contribution in [0.5, 0.6) is 0 Å². The van der Waals surface area contributed by atoms with Crippen molar-refractivity contribution in [1.29, 1.82) is 0 Å². The Bertz CT molecular complexity index is 537. The number of anilines is 1. The molecule has 6 heteroatoms. The summed E-state index contributed by atoms with van der Waals surface area (Å²) in [4.78, 5) is 22.4. The molecule has 0 radical (unpaired) electrons. The van der Waals surface area contributed by atoms with Gasteiger partial charge in [0, 0.05) is 10.7 Å². The molecule has 1 unspecified atom stereocenters. The number of carboxylic acid groups (broad SMARTS) is 1. The van der Waals surface area contributed by atoms with Gasteiger partial charge in [-0.2, -0.15) is 0 Å². The summed E-state index contributed by atoms with van der Waals surface area (Å²) in [5.41, 5.74) is 0.651. The van der Waals surface area contributed by atoms with Gasteiger partial charge in [-0.05, 0) is 44.4 Å². The van der Waals surface area contributed by atoms with E-state index in [9.17, 15) is 9.59 Å². The van der Waals surface area contributed by atoms with Crippen molar-refractivity contribution in [3.8, 4) is 0 Å². The molecule has 0 spiro atoms. The lowest BCUT2D eigenvalue weighted by Crippen LogP contribution is -2.27. The third-order valence-electron chi connectivity index (χ3n) is 2.66. The van der Waals surface area contributed by atoms with E-state index in [-0.39, 0.29) is 12.3 Å². The molecule has 1 aromatic carbocycles. The summed E-state index contributed by atoms with van der Waals surface area (Å²) in [6, 6.07) is 4.96. The van der Waals surface area contributed by atoms with E-state index in [4.69, 9.17) is 21.4 Å². The van der Waals surface area contributed by atoms with Crippen LogP contribution in [-0.4, -0.2) is 22.8 Å². The predicted molar refractivity (Wildman–Crippen MR) is 82.0 cm³/mol. The van der Waals surface area contributed by atoms with Gasteiger partial charge >= 0.3 is 12.1 Å². The summed E-state index contributed by atoms with van der Waals surface area (Å²) < 4.78 is 5.14. The Labute approximate surface area is 129 Å². The third-order valence-corrected chi connectivity index (χ3v) is 2.98. The maximum atomic E-state index is 11.6. The van der Waals surface area contributed by atoms with Crippen molar-refractivity contribution in [3.63, 3.8) is 0 Å². The Morgan fingerprint density at radius 3 is 2.48 bits per heavy atom. The van der Waals surface area contributed by atoms with Crippen LogP contribution in [0.1, 0.15) is 45.6 Å². The first kappa shape index (κ1) is 17.3. The second-order valence-corrected chi connectivity index (χ2v) is 6.27. The molecule has 0 saturated heterocycles. The number of aliphatic carboxylic acids is 1.